The predicted octanol–water partition coefficient (Wildman–Crippen LogP) is 0.209. The van der Waals surface area contributed by atoms with E-state index in [0.717, 1.165) is 0 Å². The molecule has 1 aromatic heterocycles. The normalized spacial score (nSPS) is 8.29. The van der Waals surface area contributed by atoms with Crippen molar-refractivity contribution < 1.29 is 19.8 Å². The van der Waals surface area contributed by atoms with Gasteiger partial charge in [0.1, 0.15) is 12.2 Å². The van der Waals surface area contributed by atoms with Crippen LogP contribution in [0.2, 0.25) is 0 Å². The predicted molar refractivity (Wildman–Crippen MR) is 48.5 cm³/mol. The van der Waals surface area contributed by atoms with E-state index < -0.39 is 18.4 Å². The molecule has 6 heteroatoms. The monoisotopic (exact) mass is 198 g/mol. The number of pyridine rings is 1. The van der Waals surface area contributed by atoms with Crippen LogP contribution in [0.25, 0.3) is 0 Å². The first-order valence-electron chi connectivity index (χ1n) is 3.62. The van der Waals surface area contributed by atoms with Crippen LogP contribution >= 0.6 is 0 Å². The largest absolute Gasteiger partial charge is 0.481 e. The highest BCUT2D eigenvalue weighted by molar-refractivity contribution is 5.88. The van der Waals surface area contributed by atoms with Gasteiger partial charge in [0.2, 0.25) is 0 Å². The summed E-state index contributed by atoms with van der Waals surface area (Å²) >= 11 is 0. The zero-order valence-electron chi connectivity index (χ0n) is 7.25. The molecule has 1 heterocycles. The molecule has 0 saturated carbocycles. The molecule has 6 nitrogen and oxygen atoms in total. The molecule has 0 aliphatic heterocycles. The van der Waals surface area contributed by atoms with Gasteiger partial charge < -0.3 is 15.9 Å². The zero-order valence-corrected chi connectivity index (χ0v) is 7.25. The number of rotatable bonds is 2. The van der Waals surface area contributed by atoms with Crippen LogP contribution in [-0.4, -0.2) is 27.1 Å². The topological polar surface area (TPSA) is 114 Å². The number of hydrogen-bond acceptors (Lipinski definition) is 4. The van der Waals surface area contributed by atoms with Gasteiger partial charge in [-0.3, -0.25) is 9.59 Å². The molecule has 76 valence electrons. The fourth-order valence-electron chi connectivity index (χ4n) is 0.505. The first-order valence-corrected chi connectivity index (χ1v) is 3.62. The van der Waals surface area contributed by atoms with Gasteiger partial charge in [-0.25, -0.2) is 4.98 Å². The van der Waals surface area contributed by atoms with E-state index in [1.807, 2.05) is 12.1 Å². The number of carboxylic acids is 2. The summed E-state index contributed by atoms with van der Waals surface area (Å²) in [7, 11) is 0. The minimum Gasteiger partial charge on any atom is -0.481 e. The van der Waals surface area contributed by atoms with Crippen LogP contribution < -0.4 is 5.73 Å². The molecule has 0 aliphatic carbocycles. The van der Waals surface area contributed by atoms with Crippen LogP contribution in [-0.2, 0) is 9.59 Å². The van der Waals surface area contributed by atoms with Crippen LogP contribution in [0.1, 0.15) is 6.42 Å². The molecule has 4 N–H and O–H groups in total. The van der Waals surface area contributed by atoms with Crippen molar-refractivity contribution in [3.8, 4) is 0 Å². The van der Waals surface area contributed by atoms with Gasteiger partial charge in [0.15, 0.2) is 0 Å². The Balaban J connectivity index is 0.000000241. The number of aliphatic carboxylic acids is 2. The van der Waals surface area contributed by atoms with E-state index in [-0.39, 0.29) is 0 Å². The molecular weight excluding hydrogens is 188 g/mol. The fraction of sp³-hybridized carbons (Fsp3) is 0.125. The smallest absolute Gasteiger partial charge is 0.314 e. The average molecular weight is 198 g/mol. The summed E-state index contributed by atoms with van der Waals surface area (Å²) in [4.78, 5) is 22.6. The summed E-state index contributed by atoms with van der Waals surface area (Å²) in [5.74, 6) is -2.05. The van der Waals surface area contributed by atoms with Gasteiger partial charge in [0.25, 0.3) is 0 Å². The van der Waals surface area contributed by atoms with Crippen LogP contribution in [0, 0.1) is 0 Å². The Morgan fingerprint density at radius 2 is 1.86 bits per heavy atom. The maximum Gasteiger partial charge on any atom is 0.314 e. The van der Waals surface area contributed by atoms with Gasteiger partial charge in [-0.15, -0.1) is 0 Å². The SMILES string of the molecule is Nc1ccccn1.O=C(O)CC(=O)O. The number of carbonyl (C=O) groups is 2. The fourth-order valence-corrected chi connectivity index (χ4v) is 0.505. The molecule has 0 spiro atoms. The highest BCUT2D eigenvalue weighted by Gasteiger charge is 2.01. The second-order valence-corrected chi connectivity index (χ2v) is 2.22. The highest BCUT2D eigenvalue weighted by atomic mass is 16.4. The molecule has 0 fully saturated rings. The summed E-state index contributed by atoms with van der Waals surface area (Å²) in [6, 6.07) is 5.43. The van der Waals surface area contributed by atoms with Crippen molar-refractivity contribution in [1.82, 2.24) is 4.98 Å². The third-order valence-corrected chi connectivity index (χ3v) is 0.990. The Morgan fingerprint density at radius 1 is 1.29 bits per heavy atom. The highest BCUT2D eigenvalue weighted by Crippen LogP contribution is 1.89. The summed E-state index contributed by atoms with van der Waals surface area (Å²) < 4.78 is 0. The van der Waals surface area contributed by atoms with Gasteiger partial charge in [0, 0.05) is 6.20 Å². The lowest BCUT2D eigenvalue weighted by Gasteiger charge is -1.82. The summed E-state index contributed by atoms with van der Waals surface area (Å²) in [6.07, 6.45) is 0.856. The number of hydrogen-bond donors (Lipinski definition) is 3. The van der Waals surface area contributed by atoms with Gasteiger partial charge in [-0.2, -0.15) is 0 Å². The van der Waals surface area contributed by atoms with E-state index in [1.54, 1.807) is 12.3 Å². The maximum absolute atomic E-state index is 9.43. The number of anilines is 1. The second-order valence-electron chi connectivity index (χ2n) is 2.22. The van der Waals surface area contributed by atoms with Gasteiger partial charge in [-0.05, 0) is 12.1 Å². The maximum atomic E-state index is 9.43. The Hall–Kier alpha value is -2.11. The average Bonchev–Trinajstić information content (AvgIpc) is 2.03. The van der Waals surface area contributed by atoms with E-state index in [9.17, 15) is 9.59 Å². The van der Waals surface area contributed by atoms with Crippen LogP contribution in [0.5, 0.6) is 0 Å². The van der Waals surface area contributed by atoms with Crippen molar-refractivity contribution in [1.29, 1.82) is 0 Å². The van der Waals surface area contributed by atoms with E-state index in [4.69, 9.17) is 15.9 Å². The molecule has 0 amide bonds. The van der Waals surface area contributed by atoms with Gasteiger partial charge in [0.05, 0.1) is 0 Å². The number of nitrogen functional groups attached to an aromatic ring is 1. The Kier molecular flexibility index (Phi) is 5.44. The van der Waals surface area contributed by atoms with Gasteiger partial charge >= 0.3 is 11.9 Å². The van der Waals surface area contributed by atoms with Crippen molar-refractivity contribution in [2.45, 2.75) is 6.42 Å². The van der Waals surface area contributed by atoms with Crippen LogP contribution in [0.3, 0.4) is 0 Å². The Labute approximate surface area is 80.0 Å². The van der Waals surface area contributed by atoms with E-state index in [2.05, 4.69) is 4.98 Å². The number of carboxylic acid groups (broad SMARTS) is 2. The van der Waals surface area contributed by atoms with Crippen molar-refractivity contribution >= 4 is 17.8 Å². The van der Waals surface area contributed by atoms with Crippen LogP contribution in [0.4, 0.5) is 5.82 Å². The zero-order chi connectivity index (χ0) is 11.0. The van der Waals surface area contributed by atoms with E-state index in [0.29, 0.717) is 5.82 Å². The van der Waals surface area contributed by atoms with Crippen molar-refractivity contribution in [2.24, 2.45) is 0 Å². The van der Waals surface area contributed by atoms with Crippen molar-refractivity contribution in [3.63, 3.8) is 0 Å². The first-order chi connectivity index (χ1) is 6.52. The third-order valence-electron chi connectivity index (χ3n) is 0.990. The van der Waals surface area contributed by atoms with E-state index in [1.165, 1.54) is 0 Å². The first kappa shape index (κ1) is 11.9. The summed E-state index contributed by atoms with van der Waals surface area (Å²) in [5.41, 5.74) is 5.25. The molecular formula is C8H10N2O4. The molecule has 0 aromatic carbocycles. The number of nitrogens with zero attached hydrogens (tertiary/aromatic N) is 1. The van der Waals surface area contributed by atoms with Crippen LogP contribution in [0.15, 0.2) is 24.4 Å². The summed E-state index contributed by atoms with van der Waals surface area (Å²) in [5, 5.41) is 15.4. The molecule has 0 saturated heterocycles. The lowest BCUT2D eigenvalue weighted by molar-refractivity contribution is -0.147. The quantitative estimate of drug-likeness (QED) is 0.585. The Bertz CT molecular complexity index is 287. The lowest BCUT2D eigenvalue weighted by Crippen LogP contribution is -2.03. The number of nitrogens with two attached hydrogens (primary N) is 1. The van der Waals surface area contributed by atoms with Crippen molar-refractivity contribution in [2.75, 3.05) is 5.73 Å². The molecule has 0 radical (unpaired) electrons. The van der Waals surface area contributed by atoms with E-state index >= 15 is 0 Å². The molecule has 0 aliphatic rings. The Morgan fingerprint density at radius 3 is 2.00 bits per heavy atom. The van der Waals surface area contributed by atoms with Crippen molar-refractivity contribution in [3.05, 3.63) is 24.4 Å². The van der Waals surface area contributed by atoms with Gasteiger partial charge in [-0.1, -0.05) is 6.07 Å². The second kappa shape index (κ2) is 6.41. The summed E-state index contributed by atoms with van der Waals surface area (Å²) in [6.45, 7) is 0. The number of aromatic nitrogens is 1. The molecule has 0 atom stereocenters. The minimum atomic E-state index is -1.31. The molecule has 14 heavy (non-hydrogen) atoms. The molecule has 1 aromatic rings. The standard InChI is InChI=1S/C5H6N2.C3H4O4/c6-5-3-1-2-4-7-5;4-2(5)1-3(6)7/h1-4H,(H2,6,7);1H2,(H,4,5)(H,6,7). The molecule has 1 rings (SSSR count). The molecule has 0 unspecified atom stereocenters. The lowest BCUT2D eigenvalue weighted by atomic mass is 10.5. The third kappa shape index (κ3) is 7.99. The molecule has 0 bridgehead atoms. The minimum absolute atomic E-state index is 0.572.